The summed E-state index contributed by atoms with van der Waals surface area (Å²) in [6, 6.07) is 36.7. The van der Waals surface area contributed by atoms with Crippen LogP contribution in [-0.2, 0) is 24.2 Å². The molecule has 0 spiro atoms. The predicted molar refractivity (Wildman–Crippen MR) is 211 cm³/mol. The Morgan fingerprint density at radius 1 is 0.609 bits per heavy atom. The summed E-state index contributed by atoms with van der Waals surface area (Å²) >= 11 is 1.46. The van der Waals surface area contributed by atoms with E-state index in [1.54, 1.807) is 5.20 Å². The molecule has 5 aromatic rings. The van der Waals surface area contributed by atoms with Crippen LogP contribution in [0.4, 0.5) is 0 Å². The average molecular weight is 732 g/mol. The fourth-order valence-electron chi connectivity index (χ4n) is 6.26. The summed E-state index contributed by atoms with van der Waals surface area (Å²) in [6.45, 7) is 26.7. The van der Waals surface area contributed by atoms with E-state index in [4.69, 9.17) is 0 Å². The van der Waals surface area contributed by atoms with Crippen molar-refractivity contribution in [2.24, 2.45) is 0 Å². The van der Waals surface area contributed by atoms with Gasteiger partial charge in [-0.3, -0.25) is 6.08 Å². The first-order valence-corrected chi connectivity index (χ1v) is 28.4. The molecular weight excluding hydrogens is 680 g/mol. The molecule has 0 N–H and O–H groups in total. The van der Waals surface area contributed by atoms with Crippen molar-refractivity contribution in [2.45, 2.75) is 78.3 Å². The molecule has 1 atom stereocenters. The molecule has 0 nitrogen and oxygen atoms in total. The molecule has 0 bridgehead atoms. The molecule has 5 aromatic carbocycles. The molecule has 1 aliphatic carbocycles. The van der Waals surface area contributed by atoms with Crippen LogP contribution in [0.3, 0.4) is 0 Å². The molecule has 0 saturated carbocycles. The van der Waals surface area contributed by atoms with Crippen LogP contribution in [0.5, 0.6) is 0 Å². The molecule has 0 amide bonds. The molecule has 0 heterocycles. The standard InChI is InChI=1S/C15H13.C14H29Si3.C13H10.Zr/c1-10-3-5-14-12(7-10)9-13-8-11(2)4-6-15(13)14;1-15(2,3)12-10-11-13(16(4,5)6)14(12)17(7,8)9;1-3-7-12(8-4-1)11-13-9-5-2-6-10-13;/h3-9H,1-2H3;10,13H,1-9H3;1-10H;/q2*-1;;+2. The number of allylic oxidation sites excluding steroid dienone is 4. The SMILES string of the molecule is C[Si](C)(C)C1=C([Si](C)(C)C)C([Si](C)(C)C)[C-]=C1.Cc1ccc2c(c1)[cH-]c1cc(C)ccc12.[Zr+2]=[C](c1ccccc1)c1ccccc1. The summed E-state index contributed by atoms with van der Waals surface area (Å²) in [6.07, 6.45) is 6.12. The third-order valence-electron chi connectivity index (χ3n) is 8.60. The van der Waals surface area contributed by atoms with Gasteiger partial charge in [0.15, 0.2) is 0 Å². The molecule has 1 aliphatic rings. The van der Waals surface area contributed by atoms with Crippen molar-refractivity contribution in [1.82, 2.24) is 0 Å². The van der Waals surface area contributed by atoms with E-state index in [1.807, 2.05) is 5.20 Å². The Morgan fingerprint density at radius 3 is 1.41 bits per heavy atom. The topological polar surface area (TPSA) is 0 Å². The molecule has 1 unspecified atom stereocenters. The zero-order chi connectivity index (χ0) is 33.9. The van der Waals surface area contributed by atoms with Crippen LogP contribution < -0.4 is 0 Å². The van der Waals surface area contributed by atoms with E-state index < -0.39 is 24.2 Å². The van der Waals surface area contributed by atoms with Gasteiger partial charge >= 0.3 is 99.2 Å². The van der Waals surface area contributed by atoms with Gasteiger partial charge in [-0.1, -0.05) is 94.3 Å². The van der Waals surface area contributed by atoms with Gasteiger partial charge in [0.05, 0.1) is 8.07 Å². The molecule has 0 aliphatic heterocycles. The number of benzene rings is 4. The molecule has 6 rings (SSSR count). The van der Waals surface area contributed by atoms with Crippen molar-refractivity contribution in [3.63, 3.8) is 0 Å². The van der Waals surface area contributed by atoms with Gasteiger partial charge in [-0.25, -0.2) is 11.3 Å². The predicted octanol–water partition coefficient (Wildman–Crippen LogP) is 12.3. The van der Waals surface area contributed by atoms with Crippen molar-refractivity contribution < 1.29 is 24.2 Å². The Labute approximate surface area is 297 Å². The Bertz CT molecular complexity index is 1760. The Morgan fingerprint density at radius 2 is 1.04 bits per heavy atom. The third kappa shape index (κ3) is 9.16. The number of rotatable bonds is 5. The zero-order valence-corrected chi connectivity index (χ0v) is 35.4. The second-order valence-corrected chi connectivity index (χ2v) is 32.5. The number of hydrogen-bond donors (Lipinski definition) is 0. The molecule has 236 valence electrons. The van der Waals surface area contributed by atoms with Gasteiger partial charge in [-0.15, -0.1) is 45.3 Å². The normalized spacial score (nSPS) is 15.0. The minimum absolute atomic E-state index is 0.691. The van der Waals surface area contributed by atoms with E-state index in [1.165, 1.54) is 71.2 Å². The first-order valence-electron chi connectivity index (χ1n) is 16.6. The van der Waals surface area contributed by atoms with Gasteiger partial charge in [0.25, 0.3) is 0 Å². The molecular formula is C42H52Si3Zr. The average Bonchev–Trinajstić information content (AvgIpc) is 3.61. The van der Waals surface area contributed by atoms with Crippen LogP contribution in [0.1, 0.15) is 22.3 Å². The second kappa shape index (κ2) is 14.8. The van der Waals surface area contributed by atoms with Crippen molar-refractivity contribution in [1.29, 1.82) is 0 Å². The molecule has 0 aromatic heterocycles. The van der Waals surface area contributed by atoms with Crippen LogP contribution in [0.25, 0.3) is 21.5 Å². The van der Waals surface area contributed by atoms with Crippen molar-refractivity contribution in [3.05, 3.63) is 148 Å². The third-order valence-corrected chi connectivity index (χ3v) is 16.9. The van der Waals surface area contributed by atoms with E-state index in [9.17, 15) is 0 Å². The summed E-state index contributed by atoms with van der Waals surface area (Å²) in [7, 11) is -3.57. The van der Waals surface area contributed by atoms with Crippen molar-refractivity contribution >= 4 is 49.0 Å². The first-order chi connectivity index (χ1) is 21.5. The zero-order valence-electron chi connectivity index (χ0n) is 30.0. The monoisotopic (exact) mass is 730 g/mol. The van der Waals surface area contributed by atoms with Crippen molar-refractivity contribution in [2.75, 3.05) is 0 Å². The van der Waals surface area contributed by atoms with E-state index in [2.05, 4.69) is 188 Å². The van der Waals surface area contributed by atoms with Crippen LogP contribution in [0, 0.1) is 19.9 Å². The number of fused-ring (bicyclic) bond motifs is 3. The van der Waals surface area contributed by atoms with Crippen LogP contribution in [0.2, 0.25) is 64.5 Å². The van der Waals surface area contributed by atoms with Crippen LogP contribution in [0.15, 0.2) is 120 Å². The summed E-state index contributed by atoms with van der Waals surface area (Å²) < 4.78 is 1.42. The second-order valence-electron chi connectivity index (χ2n) is 15.9. The van der Waals surface area contributed by atoms with Crippen LogP contribution in [-0.4, -0.2) is 27.4 Å². The molecule has 0 saturated heterocycles. The van der Waals surface area contributed by atoms with Gasteiger partial charge in [0.1, 0.15) is 0 Å². The Hall–Kier alpha value is -2.37. The molecule has 46 heavy (non-hydrogen) atoms. The maximum absolute atomic E-state index is 3.74. The summed E-state index contributed by atoms with van der Waals surface area (Å²) in [5.74, 6) is 0. The van der Waals surface area contributed by atoms with Gasteiger partial charge < -0.3 is 0 Å². The fourth-order valence-corrected chi connectivity index (χ4v) is 17.0. The van der Waals surface area contributed by atoms with E-state index in [0.717, 1.165) is 0 Å². The van der Waals surface area contributed by atoms with Gasteiger partial charge in [-0.2, -0.15) is 5.20 Å². The molecule has 4 heteroatoms. The number of hydrogen-bond acceptors (Lipinski definition) is 0. The summed E-state index contributed by atoms with van der Waals surface area (Å²) in [5.41, 5.74) is 6.01. The Balaban J connectivity index is 0.000000157. The maximum atomic E-state index is 3.74. The van der Waals surface area contributed by atoms with E-state index >= 15 is 0 Å². The first kappa shape index (κ1) is 36.5. The van der Waals surface area contributed by atoms with Gasteiger partial charge in [0, 0.05) is 8.07 Å². The summed E-state index contributed by atoms with van der Waals surface area (Å²) in [4.78, 5) is 0. The van der Waals surface area contributed by atoms with Gasteiger partial charge in [-0.05, 0) is 21.9 Å². The fraction of sp³-hybridized carbons (Fsp3) is 0.286. The number of aryl methyl sites for hydroxylation is 2. The molecule has 0 fully saturated rings. The quantitative estimate of drug-likeness (QED) is 0.125. The minimum atomic E-state index is -1.21. The van der Waals surface area contributed by atoms with E-state index in [0.29, 0.717) is 5.54 Å². The van der Waals surface area contributed by atoms with Gasteiger partial charge in [0.2, 0.25) is 0 Å². The van der Waals surface area contributed by atoms with Crippen LogP contribution >= 0.6 is 0 Å². The van der Waals surface area contributed by atoms with Crippen molar-refractivity contribution in [3.8, 4) is 0 Å². The Kier molecular flexibility index (Phi) is 11.7. The molecule has 0 radical (unpaired) electrons. The summed E-state index contributed by atoms with van der Waals surface area (Å²) in [5, 5.41) is 9.03. The van der Waals surface area contributed by atoms with E-state index in [-0.39, 0.29) is 0 Å².